The molecule has 0 aromatic heterocycles. The van der Waals surface area contributed by atoms with Crippen LogP contribution < -0.4 is 5.32 Å². The molecular formula is C32H39F2N3O5. The third-order valence-electron chi connectivity index (χ3n) is 7.64. The van der Waals surface area contributed by atoms with E-state index >= 15 is 4.39 Å². The van der Waals surface area contributed by atoms with Gasteiger partial charge in [-0.2, -0.15) is 0 Å². The first-order valence-electron chi connectivity index (χ1n) is 14.3. The second-order valence-electron chi connectivity index (χ2n) is 12.7. The Balaban J connectivity index is 1.76. The van der Waals surface area contributed by atoms with Crippen LogP contribution in [0.1, 0.15) is 63.8 Å². The number of amides is 3. The number of hydrogen-bond donors (Lipinski definition) is 1. The zero-order chi connectivity index (χ0) is 30.9. The van der Waals surface area contributed by atoms with Gasteiger partial charge in [-0.05, 0) is 69.1 Å². The summed E-state index contributed by atoms with van der Waals surface area (Å²) in [5.41, 5.74) is 1.09. The Morgan fingerprint density at radius 1 is 1.07 bits per heavy atom. The van der Waals surface area contributed by atoms with Crippen molar-refractivity contribution in [3.8, 4) is 0 Å². The number of esters is 1. The Labute approximate surface area is 245 Å². The third-order valence-corrected chi connectivity index (χ3v) is 7.64. The Kier molecular flexibility index (Phi) is 9.03. The molecule has 0 bridgehead atoms. The predicted octanol–water partition coefficient (Wildman–Crippen LogP) is 3.96. The summed E-state index contributed by atoms with van der Waals surface area (Å²) in [6.45, 7) is 8.34. The molecule has 1 aliphatic heterocycles. The van der Waals surface area contributed by atoms with Crippen molar-refractivity contribution in [2.45, 2.75) is 77.6 Å². The van der Waals surface area contributed by atoms with Gasteiger partial charge in [-0.25, -0.2) is 8.78 Å². The molecule has 1 fully saturated rings. The van der Waals surface area contributed by atoms with Crippen LogP contribution in [0.25, 0.3) is 0 Å². The molecule has 0 radical (unpaired) electrons. The maximum absolute atomic E-state index is 15.4. The molecule has 0 saturated carbocycles. The fraction of sp³-hybridized carbons (Fsp3) is 0.500. The van der Waals surface area contributed by atoms with Crippen LogP contribution in [0.5, 0.6) is 0 Å². The normalized spacial score (nSPS) is 19.9. The first kappa shape index (κ1) is 31.1. The molecule has 1 N–H and O–H groups in total. The van der Waals surface area contributed by atoms with E-state index in [1.165, 1.54) is 7.05 Å². The number of benzene rings is 2. The van der Waals surface area contributed by atoms with Gasteiger partial charge in [-0.1, -0.05) is 44.2 Å². The van der Waals surface area contributed by atoms with E-state index in [1.807, 2.05) is 38.1 Å². The molecule has 2 aliphatic rings. The molecule has 1 aliphatic carbocycles. The SMILES string of the molecule is CC(C)C[C@@H]1C(=O)N[C@H](C2Cc3ccccc3C2)C(=O)N1[C@@H](C(=O)N(C)CC(=O)OC(C)(C)C)c1ccc(F)cc1F. The average molecular weight is 584 g/mol. The average Bonchev–Trinajstić information content (AvgIpc) is 3.31. The van der Waals surface area contributed by atoms with Crippen LogP contribution in [0.3, 0.4) is 0 Å². The fourth-order valence-corrected chi connectivity index (χ4v) is 5.85. The van der Waals surface area contributed by atoms with Crippen LogP contribution in [0, 0.1) is 23.5 Å². The topological polar surface area (TPSA) is 96.0 Å². The summed E-state index contributed by atoms with van der Waals surface area (Å²) < 4.78 is 34.8. The van der Waals surface area contributed by atoms with Crippen LogP contribution in [-0.2, 0) is 36.8 Å². The minimum atomic E-state index is -1.62. The standard InChI is InChI=1S/C32H39F2N3O5/c1-18(2)13-25-29(39)35-27(21-14-19-9-7-8-10-20(19)15-21)30(40)37(25)28(23-12-11-22(33)16-24(23)34)31(41)36(6)17-26(38)42-32(3,4)5/h7-12,16,18,21,25,27-28H,13-15,17H2,1-6H3,(H,35,39)/t25-,27-,28-/m1/s1. The zero-order valence-corrected chi connectivity index (χ0v) is 24.9. The Bertz CT molecular complexity index is 1350. The zero-order valence-electron chi connectivity index (χ0n) is 24.9. The molecular weight excluding hydrogens is 544 g/mol. The van der Waals surface area contributed by atoms with E-state index in [9.17, 15) is 23.6 Å². The van der Waals surface area contributed by atoms with E-state index in [4.69, 9.17) is 4.74 Å². The Morgan fingerprint density at radius 2 is 1.69 bits per heavy atom. The molecule has 2 aromatic rings. The maximum Gasteiger partial charge on any atom is 0.326 e. The molecule has 3 amide bonds. The number of nitrogens with zero attached hydrogens (tertiary/aromatic N) is 2. The van der Waals surface area contributed by atoms with Crippen LogP contribution >= 0.6 is 0 Å². The van der Waals surface area contributed by atoms with Crippen molar-refractivity contribution in [3.63, 3.8) is 0 Å². The molecule has 0 unspecified atom stereocenters. The molecule has 0 spiro atoms. The van der Waals surface area contributed by atoms with E-state index in [1.54, 1.807) is 20.8 Å². The second kappa shape index (κ2) is 12.2. The highest BCUT2D eigenvalue weighted by atomic mass is 19.1. The van der Waals surface area contributed by atoms with Gasteiger partial charge in [-0.3, -0.25) is 19.2 Å². The van der Waals surface area contributed by atoms with E-state index in [0.717, 1.165) is 33.1 Å². The summed E-state index contributed by atoms with van der Waals surface area (Å²) in [4.78, 5) is 57.0. The van der Waals surface area contributed by atoms with Crippen LogP contribution in [0.4, 0.5) is 8.78 Å². The molecule has 8 nitrogen and oxygen atoms in total. The van der Waals surface area contributed by atoms with Crippen molar-refractivity contribution in [1.29, 1.82) is 0 Å². The number of fused-ring (bicyclic) bond motifs is 1. The summed E-state index contributed by atoms with van der Waals surface area (Å²) in [6.07, 6.45) is 1.31. The van der Waals surface area contributed by atoms with Crippen molar-refractivity contribution in [1.82, 2.24) is 15.1 Å². The first-order valence-corrected chi connectivity index (χ1v) is 14.3. The number of piperazine rings is 1. The molecule has 226 valence electrons. The van der Waals surface area contributed by atoms with Gasteiger partial charge in [0.15, 0.2) is 0 Å². The molecule has 10 heteroatoms. The highest BCUT2D eigenvalue weighted by Gasteiger charge is 2.50. The summed E-state index contributed by atoms with van der Waals surface area (Å²) in [5, 5.41) is 2.90. The highest BCUT2D eigenvalue weighted by Crippen LogP contribution is 2.36. The Morgan fingerprint density at radius 3 is 2.24 bits per heavy atom. The number of hydrogen-bond acceptors (Lipinski definition) is 5. The molecule has 3 atom stereocenters. The molecule has 1 heterocycles. The number of nitrogens with one attached hydrogen (secondary N) is 1. The maximum atomic E-state index is 15.4. The molecule has 1 saturated heterocycles. The lowest BCUT2D eigenvalue weighted by Crippen LogP contribution is -2.67. The lowest BCUT2D eigenvalue weighted by Gasteiger charge is -2.45. The van der Waals surface area contributed by atoms with E-state index in [-0.39, 0.29) is 23.8 Å². The van der Waals surface area contributed by atoms with Gasteiger partial charge >= 0.3 is 5.97 Å². The largest absolute Gasteiger partial charge is 0.459 e. The van der Waals surface area contributed by atoms with Gasteiger partial charge in [0.2, 0.25) is 17.7 Å². The molecule has 42 heavy (non-hydrogen) atoms. The van der Waals surface area contributed by atoms with Gasteiger partial charge in [0.05, 0.1) is 0 Å². The third kappa shape index (κ3) is 6.79. The smallest absolute Gasteiger partial charge is 0.326 e. The number of carbonyl (C=O) groups is 4. The van der Waals surface area contributed by atoms with Gasteiger partial charge in [-0.15, -0.1) is 0 Å². The lowest BCUT2D eigenvalue weighted by molar-refractivity contribution is -0.163. The van der Waals surface area contributed by atoms with Gasteiger partial charge in [0, 0.05) is 18.7 Å². The van der Waals surface area contributed by atoms with Crippen molar-refractivity contribution in [2.24, 2.45) is 11.8 Å². The van der Waals surface area contributed by atoms with Gasteiger partial charge in [0.25, 0.3) is 0 Å². The van der Waals surface area contributed by atoms with Crippen molar-refractivity contribution >= 4 is 23.7 Å². The van der Waals surface area contributed by atoms with E-state index < -0.39 is 65.6 Å². The quantitative estimate of drug-likeness (QED) is 0.475. The number of likely N-dealkylation sites (N-methyl/N-ethyl adjacent to an activating group) is 1. The number of rotatable bonds is 8. The first-order chi connectivity index (χ1) is 19.7. The minimum absolute atomic E-state index is 0.0587. The summed E-state index contributed by atoms with van der Waals surface area (Å²) in [7, 11) is 1.34. The summed E-state index contributed by atoms with van der Waals surface area (Å²) in [5.74, 6) is -4.67. The van der Waals surface area contributed by atoms with Crippen LogP contribution in [-0.4, -0.2) is 64.8 Å². The van der Waals surface area contributed by atoms with Gasteiger partial charge < -0.3 is 19.9 Å². The van der Waals surface area contributed by atoms with Crippen molar-refractivity contribution < 1.29 is 32.7 Å². The van der Waals surface area contributed by atoms with Crippen molar-refractivity contribution in [3.05, 3.63) is 70.8 Å². The molecule has 4 rings (SSSR count). The van der Waals surface area contributed by atoms with Crippen LogP contribution in [0.2, 0.25) is 0 Å². The lowest BCUT2D eigenvalue weighted by atomic mass is 9.87. The second-order valence-corrected chi connectivity index (χ2v) is 12.7. The predicted molar refractivity (Wildman–Crippen MR) is 152 cm³/mol. The van der Waals surface area contributed by atoms with E-state index in [0.29, 0.717) is 18.9 Å². The summed E-state index contributed by atoms with van der Waals surface area (Å²) >= 11 is 0. The van der Waals surface area contributed by atoms with E-state index in [2.05, 4.69) is 5.32 Å². The molecule has 2 aromatic carbocycles. The van der Waals surface area contributed by atoms with Crippen molar-refractivity contribution in [2.75, 3.05) is 13.6 Å². The number of carbonyl (C=O) groups excluding carboxylic acids is 4. The Hall–Kier alpha value is -3.82. The van der Waals surface area contributed by atoms with Crippen LogP contribution in [0.15, 0.2) is 42.5 Å². The fourth-order valence-electron chi connectivity index (χ4n) is 5.85. The number of halogens is 2. The minimum Gasteiger partial charge on any atom is -0.459 e. The number of ether oxygens (including phenoxy) is 1. The monoisotopic (exact) mass is 583 g/mol. The summed E-state index contributed by atoms with van der Waals surface area (Å²) in [6, 6.07) is 6.89. The highest BCUT2D eigenvalue weighted by molar-refractivity contribution is 6.00. The van der Waals surface area contributed by atoms with Gasteiger partial charge in [0.1, 0.15) is 41.9 Å².